The van der Waals surface area contributed by atoms with Crippen molar-refractivity contribution >= 4 is 26.2 Å². The van der Waals surface area contributed by atoms with E-state index in [0.29, 0.717) is 36.1 Å². The van der Waals surface area contributed by atoms with E-state index >= 15 is 0 Å². The van der Waals surface area contributed by atoms with Crippen LogP contribution in [0, 0.1) is 29.6 Å². The summed E-state index contributed by atoms with van der Waals surface area (Å²) in [5, 5.41) is 17.0. The SMILES string of the molecule is C.CCCC[C@@H](C)C(=O)O.CCCC[C@@H](C)CN.CCCC[C@@H](C)CN.CCCC[C@@H](C)CN1C(=O)c2ccccc2C1=O.CCCC[C@@H](C)CO.[B].[H-].[Na+]. The van der Waals surface area contributed by atoms with E-state index < -0.39 is 5.97 Å². The third-order valence-corrected chi connectivity index (χ3v) is 9.10. The molecule has 1 aliphatic rings. The van der Waals surface area contributed by atoms with Gasteiger partial charge in [-0.2, -0.15) is 0 Å². The Morgan fingerprint density at radius 2 is 0.963 bits per heavy atom. The number of benzene rings is 1. The molecule has 0 saturated heterocycles. The van der Waals surface area contributed by atoms with Crippen LogP contribution in [0.4, 0.5) is 0 Å². The summed E-state index contributed by atoms with van der Waals surface area (Å²) in [5.74, 6) is 1.22. The molecule has 10 heteroatoms. The van der Waals surface area contributed by atoms with Crippen molar-refractivity contribution in [3.8, 4) is 0 Å². The first kappa shape index (κ1) is 64.7. The van der Waals surface area contributed by atoms with Gasteiger partial charge in [0.2, 0.25) is 0 Å². The summed E-state index contributed by atoms with van der Waals surface area (Å²) in [7, 11) is 0. The number of rotatable bonds is 21. The van der Waals surface area contributed by atoms with Crippen molar-refractivity contribution in [3.05, 3.63) is 35.4 Å². The molecular formula is C44H88BN3NaO5. The molecule has 0 fully saturated rings. The monoisotopic (exact) mass is 773 g/mol. The van der Waals surface area contributed by atoms with Gasteiger partial charge in [0.05, 0.1) is 17.0 Å². The molecule has 1 aromatic carbocycles. The van der Waals surface area contributed by atoms with Gasteiger partial charge in [0.15, 0.2) is 0 Å². The van der Waals surface area contributed by atoms with Gasteiger partial charge >= 0.3 is 35.5 Å². The van der Waals surface area contributed by atoms with E-state index in [1.807, 2.05) is 0 Å². The quantitative estimate of drug-likeness (QED) is 0.0739. The maximum absolute atomic E-state index is 12.1. The summed E-state index contributed by atoms with van der Waals surface area (Å²) in [5.41, 5.74) is 11.9. The molecule has 0 saturated carbocycles. The second-order valence-electron chi connectivity index (χ2n) is 14.8. The predicted molar refractivity (Wildman–Crippen MR) is 232 cm³/mol. The van der Waals surface area contributed by atoms with Crippen LogP contribution >= 0.6 is 0 Å². The van der Waals surface area contributed by atoms with Crippen LogP contribution in [0.2, 0.25) is 0 Å². The molecule has 6 N–H and O–H groups in total. The molecule has 0 spiro atoms. The summed E-state index contributed by atoms with van der Waals surface area (Å²) in [4.78, 5) is 35.8. The van der Waals surface area contributed by atoms with E-state index in [4.69, 9.17) is 21.7 Å². The van der Waals surface area contributed by atoms with Gasteiger partial charge in [0.25, 0.3) is 11.8 Å². The van der Waals surface area contributed by atoms with E-state index in [-0.39, 0.29) is 64.6 Å². The molecule has 8 nitrogen and oxygen atoms in total. The summed E-state index contributed by atoms with van der Waals surface area (Å²) < 4.78 is 0. The Kier molecular flexibility index (Phi) is 53.3. The average Bonchev–Trinajstić information content (AvgIpc) is 3.38. The minimum Gasteiger partial charge on any atom is -1.00 e. The molecule has 313 valence electrons. The Bertz CT molecular complexity index is 926. The number of aliphatic hydroxyl groups is 1. The summed E-state index contributed by atoms with van der Waals surface area (Å²) in [6.45, 7) is 23.7. The molecule has 0 aliphatic carbocycles. The zero-order valence-electron chi connectivity index (χ0n) is 37.4. The van der Waals surface area contributed by atoms with E-state index in [1.165, 1.54) is 62.7 Å². The van der Waals surface area contributed by atoms with Crippen LogP contribution in [0.3, 0.4) is 0 Å². The fourth-order valence-electron chi connectivity index (χ4n) is 4.98. The van der Waals surface area contributed by atoms with Crippen molar-refractivity contribution in [1.82, 2.24) is 4.90 Å². The number of carboxylic acid groups (broad SMARTS) is 1. The third kappa shape index (κ3) is 35.2. The van der Waals surface area contributed by atoms with Crippen molar-refractivity contribution in [1.29, 1.82) is 0 Å². The number of carbonyl (C=O) groups excluding carboxylic acids is 2. The molecule has 3 radical (unpaired) electrons. The van der Waals surface area contributed by atoms with Crippen LogP contribution < -0.4 is 41.0 Å². The van der Waals surface area contributed by atoms with Gasteiger partial charge in [-0.05, 0) is 81.0 Å². The molecular weight excluding hydrogens is 684 g/mol. The molecule has 2 rings (SSSR count). The Hall–Kier alpha value is -1.23. The molecule has 1 aliphatic heterocycles. The van der Waals surface area contributed by atoms with Gasteiger partial charge in [-0.25, -0.2) is 0 Å². The molecule has 54 heavy (non-hydrogen) atoms. The summed E-state index contributed by atoms with van der Waals surface area (Å²) in [6, 6.07) is 7.06. The number of aliphatic carboxylic acids is 1. The molecule has 1 heterocycles. The number of imide groups is 1. The second kappa shape index (κ2) is 44.5. The first-order chi connectivity index (χ1) is 24.3. The molecule has 0 unspecified atom stereocenters. The van der Waals surface area contributed by atoms with Gasteiger partial charge < -0.3 is 23.1 Å². The molecule has 0 aromatic heterocycles. The summed E-state index contributed by atoms with van der Waals surface area (Å²) >= 11 is 0. The fraction of sp³-hybridized carbons (Fsp3) is 0.795. The number of fused-ring (bicyclic) bond motifs is 1. The fourth-order valence-corrected chi connectivity index (χ4v) is 4.98. The molecule has 5 atom stereocenters. The number of unbranched alkanes of at least 4 members (excludes halogenated alkanes) is 5. The van der Waals surface area contributed by atoms with Gasteiger partial charge in [-0.1, -0.05) is 153 Å². The van der Waals surface area contributed by atoms with Gasteiger partial charge in [0.1, 0.15) is 0 Å². The normalized spacial score (nSPS) is 13.7. The Balaban J connectivity index is -0.000000109. The van der Waals surface area contributed by atoms with Crippen molar-refractivity contribution in [2.45, 2.75) is 173 Å². The van der Waals surface area contributed by atoms with Crippen LogP contribution in [0.25, 0.3) is 0 Å². The van der Waals surface area contributed by atoms with Crippen molar-refractivity contribution in [3.63, 3.8) is 0 Å². The molecule has 0 bridgehead atoms. The number of hydrogen-bond acceptors (Lipinski definition) is 6. The number of hydrogen-bond donors (Lipinski definition) is 4. The van der Waals surface area contributed by atoms with E-state index in [2.05, 4.69) is 62.3 Å². The van der Waals surface area contributed by atoms with Crippen molar-refractivity contribution in [2.75, 3.05) is 26.2 Å². The zero-order valence-corrected chi connectivity index (χ0v) is 38.4. The number of carboxylic acids is 1. The maximum Gasteiger partial charge on any atom is 1.00 e. The van der Waals surface area contributed by atoms with E-state index in [1.54, 1.807) is 31.2 Å². The largest absolute Gasteiger partial charge is 1.00 e. The smallest absolute Gasteiger partial charge is 1.00 e. The van der Waals surface area contributed by atoms with Gasteiger partial charge in [-0.15, -0.1) is 0 Å². The Morgan fingerprint density at radius 1 is 0.648 bits per heavy atom. The van der Waals surface area contributed by atoms with Crippen molar-refractivity contribution in [2.24, 2.45) is 41.1 Å². The van der Waals surface area contributed by atoms with E-state index in [0.717, 1.165) is 63.5 Å². The zero-order chi connectivity index (χ0) is 39.6. The Labute approximate surface area is 360 Å². The van der Waals surface area contributed by atoms with Crippen molar-refractivity contribution < 1.29 is 55.6 Å². The third-order valence-electron chi connectivity index (χ3n) is 9.10. The van der Waals surface area contributed by atoms with Crippen LogP contribution in [-0.4, -0.2) is 67.6 Å². The van der Waals surface area contributed by atoms with Gasteiger partial charge in [0, 0.05) is 21.6 Å². The number of nitrogens with zero attached hydrogens (tertiary/aromatic N) is 1. The minimum absolute atomic E-state index is 0. The first-order valence-corrected chi connectivity index (χ1v) is 20.4. The number of aliphatic hydroxyl groups excluding tert-OH is 1. The number of nitrogens with two attached hydrogens (primary N) is 2. The second-order valence-corrected chi connectivity index (χ2v) is 14.8. The average molecular weight is 773 g/mol. The van der Waals surface area contributed by atoms with Crippen LogP contribution in [0.1, 0.15) is 195 Å². The molecule has 2 amide bonds. The Morgan fingerprint density at radius 3 is 1.26 bits per heavy atom. The van der Waals surface area contributed by atoms with Crippen LogP contribution in [0.15, 0.2) is 24.3 Å². The van der Waals surface area contributed by atoms with Crippen LogP contribution in [0.5, 0.6) is 0 Å². The molecule has 1 aromatic rings. The topological polar surface area (TPSA) is 147 Å². The number of amides is 2. The summed E-state index contributed by atoms with van der Waals surface area (Å²) in [6.07, 6.45) is 17.8. The maximum atomic E-state index is 12.1. The van der Waals surface area contributed by atoms with Crippen LogP contribution in [-0.2, 0) is 4.79 Å². The minimum atomic E-state index is -0.677. The van der Waals surface area contributed by atoms with E-state index in [9.17, 15) is 14.4 Å². The predicted octanol–water partition coefficient (Wildman–Crippen LogP) is 7.73. The van der Waals surface area contributed by atoms with Gasteiger partial charge in [-0.3, -0.25) is 19.3 Å². The number of carbonyl (C=O) groups is 3. The first-order valence-electron chi connectivity index (χ1n) is 20.4. The standard InChI is InChI=1S/C15H19NO2.2C7H17N.C7H14O2.C7H16O.CH4.B.Na.H/c1-3-4-7-11(2)10-16-14(17)12-8-5-6-9-13(12)15(16)18;2*1-3-4-5-7(2)6-8;1-3-4-5-6(2)7(8)9;1-3-4-5-7(2)6-8;;;;/h5-6,8-9,11H,3-4,7,10H2,1-2H3;2*7H,3-6,8H2,1-2H3;6H,3-5H2,1-2H3,(H,8,9);7-8H,3-6H2,1-2H3;1H4;;;/q;;;;;;;+1;-1/t11-;2*7-;6-;7-;;;;/m11111..../s1.